The highest BCUT2D eigenvalue weighted by atomic mass is 16.2. The zero-order valence-electron chi connectivity index (χ0n) is 11.0. The monoisotopic (exact) mass is 266 g/mol. The number of nitrogens with zero attached hydrogens (tertiary/aromatic N) is 1. The van der Waals surface area contributed by atoms with Crippen LogP contribution in [0.5, 0.6) is 0 Å². The first kappa shape index (κ1) is 12.4. The van der Waals surface area contributed by atoms with Crippen LogP contribution in [0.3, 0.4) is 0 Å². The molecule has 0 atom stereocenters. The van der Waals surface area contributed by atoms with Gasteiger partial charge < -0.3 is 4.98 Å². The standard InChI is InChI=1S/C15H14N4O/c1-9-2-4-10(5-3-9)14-17-12-7-6-11(15(20)19-16)8-13(12)18-14/h2-8H,16H2,1H3,(H,17,18)(H,19,20). The van der Waals surface area contributed by atoms with Crippen molar-refractivity contribution in [2.75, 3.05) is 0 Å². The van der Waals surface area contributed by atoms with Crippen LogP contribution in [0.1, 0.15) is 15.9 Å². The number of carbonyl (C=O) groups excluding carboxylic acids is 1. The number of nitrogens with one attached hydrogen (secondary N) is 2. The summed E-state index contributed by atoms with van der Waals surface area (Å²) in [6.45, 7) is 2.04. The highest BCUT2D eigenvalue weighted by Crippen LogP contribution is 2.21. The summed E-state index contributed by atoms with van der Waals surface area (Å²) in [7, 11) is 0. The number of rotatable bonds is 2. The second-order valence-corrected chi connectivity index (χ2v) is 4.66. The largest absolute Gasteiger partial charge is 0.338 e. The summed E-state index contributed by atoms with van der Waals surface area (Å²) in [5, 5.41) is 0. The van der Waals surface area contributed by atoms with E-state index in [2.05, 4.69) is 15.4 Å². The molecule has 0 radical (unpaired) electrons. The summed E-state index contributed by atoms with van der Waals surface area (Å²) < 4.78 is 0. The third kappa shape index (κ3) is 2.15. The first-order valence-corrected chi connectivity index (χ1v) is 6.25. The number of hydrogen-bond acceptors (Lipinski definition) is 3. The lowest BCUT2D eigenvalue weighted by atomic mass is 10.1. The summed E-state index contributed by atoms with van der Waals surface area (Å²) in [6.07, 6.45) is 0. The number of benzene rings is 2. The van der Waals surface area contributed by atoms with Crippen LogP contribution in [0, 0.1) is 6.92 Å². The van der Waals surface area contributed by atoms with Crippen LogP contribution in [-0.4, -0.2) is 15.9 Å². The third-order valence-electron chi connectivity index (χ3n) is 3.20. The Bertz CT molecular complexity index is 774. The molecule has 0 aliphatic rings. The molecule has 1 heterocycles. The van der Waals surface area contributed by atoms with Crippen molar-refractivity contribution in [1.29, 1.82) is 0 Å². The molecule has 0 saturated heterocycles. The second-order valence-electron chi connectivity index (χ2n) is 4.66. The van der Waals surface area contributed by atoms with Crippen LogP contribution in [0.25, 0.3) is 22.4 Å². The molecule has 0 saturated carbocycles. The summed E-state index contributed by atoms with van der Waals surface area (Å²) in [6, 6.07) is 13.3. The van der Waals surface area contributed by atoms with Crippen molar-refractivity contribution >= 4 is 16.9 Å². The zero-order valence-corrected chi connectivity index (χ0v) is 11.0. The first-order valence-electron chi connectivity index (χ1n) is 6.25. The van der Waals surface area contributed by atoms with Crippen molar-refractivity contribution in [3.8, 4) is 11.4 Å². The maximum atomic E-state index is 11.5. The van der Waals surface area contributed by atoms with E-state index in [-0.39, 0.29) is 5.91 Å². The van der Waals surface area contributed by atoms with Gasteiger partial charge in [0.1, 0.15) is 5.82 Å². The Morgan fingerprint density at radius 2 is 1.95 bits per heavy atom. The average Bonchev–Trinajstić information content (AvgIpc) is 2.90. The topological polar surface area (TPSA) is 83.8 Å². The number of carbonyl (C=O) groups is 1. The number of aromatic amines is 1. The van der Waals surface area contributed by atoms with Crippen molar-refractivity contribution in [3.63, 3.8) is 0 Å². The molecular weight excluding hydrogens is 252 g/mol. The molecule has 3 rings (SSSR count). The van der Waals surface area contributed by atoms with Crippen LogP contribution in [0.2, 0.25) is 0 Å². The summed E-state index contributed by atoms with van der Waals surface area (Å²) in [5.41, 5.74) is 6.45. The molecule has 0 spiro atoms. The molecule has 5 heteroatoms. The van der Waals surface area contributed by atoms with Gasteiger partial charge in [0, 0.05) is 11.1 Å². The number of aryl methyl sites for hydroxylation is 1. The van der Waals surface area contributed by atoms with Gasteiger partial charge in [0.25, 0.3) is 5.91 Å². The van der Waals surface area contributed by atoms with Gasteiger partial charge in [-0.25, -0.2) is 10.8 Å². The predicted octanol–water partition coefficient (Wildman–Crippen LogP) is 2.14. The van der Waals surface area contributed by atoms with E-state index in [1.54, 1.807) is 18.2 Å². The van der Waals surface area contributed by atoms with Crippen molar-refractivity contribution in [2.45, 2.75) is 6.92 Å². The van der Waals surface area contributed by atoms with Gasteiger partial charge >= 0.3 is 0 Å². The van der Waals surface area contributed by atoms with E-state index in [0.717, 1.165) is 22.4 Å². The summed E-state index contributed by atoms with van der Waals surface area (Å²) in [4.78, 5) is 19.2. The molecule has 0 aliphatic heterocycles. The Kier molecular flexibility index (Phi) is 2.96. The van der Waals surface area contributed by atoms with Gasteiger partial charge in [0.15, 0.2) is 0 Å². The van der Waals surface area contributed by atoms with Gasteiger partial charge in [-0.2, -0.15) is 0 Å². The Balaban J connectivity index is 2.06. The number of amides is 1. The number of nitrogen functional groups attached to an aromatic ring is 1. The quantitative estimate of drug-likeness (QED) is 0.377. The fourth-order valence-corrected chi connectivity index (χ4v) is 2.08. The molecule has 1 amide bonds. The molecule has 0 fully saturated rings. The van der Waals surface area contributed by atoms with Crippen LogP contribution in [0.4, 0.5) is 0 Å². The zero-order chi connectivity index (χ0) is 14.1. The molecule has 100 valence electrons. The minimum Gasteiger partial charge on any atom is -0.338 e. The molecule has 1 aromatic heterocycles. The molecule has 0 aliphatic carbocycles. The van der Waals surface area contributed by atoms with Gasteiger partial charge in [-0.15, -0.1) is 0 Å². The minimum atomic E-state index is -0.321. The molecule has 4 N–H and O–H groups in total. The molecule has 0 bridgehead atoms. The molecule has 2 aromatic carbocycles. The van der Waals surface area contributed by atoms with Gasteiger partial charge in [-0.1, -0.05) is 29.8 Å². The van der Waals surface area contributed by atoms with Crippen LogP contribution in [0.15, 0.2) is 42.5 Å². The molecule has 20 heavy (non-hydrogen) atoms. The Morgan fingerprint density at radius 1 is 1.20 bits per heavy atom. The second kappa shape index (κ2) is 4.79. The number of fused-ring (bicyclic) bond motifs is 1. The lowest BCUT2D eigenvalue weighted by Gasteiger charge is -1.98. The summed E-state index contributed by atoms with van der Waals surface area (Å²) in [5.74, 6) is 5.59. The molecular formula is C15H14N4O. The van der Waals surface area contributed by atoms with Crippen LogP contribution in [-0.2, 0) is 0 Å². The Hall–Kier alpha value is -2.66. The van der Waals surface area contributed by atoms with E-state index in [0.29, 0.717) is 5.56 Å². The van der Waals surface area contributed by atoms with Crippen LogP contribution >= 0.6 is 0 Å². The van der Waals surface area contributed by atoms with Gasteiger partial charge in [-0.3, -0.25) is 10.2 Å². The smallest absolute Gasteiger partial charge is 0.265 e. The lowest BCUT2D eigenvalue weighted by Crippen LogP contribution is -2.29. The van der Waals surface area contributed by atoms with E-state index in [1.165, 1.54) is 5.56 Å². The van der Waals surface area contributed by atoms with E-state index < -0.39 is 0 Å². The number of aromatic nitrogens is 2. The maximum Gasteiger partial charge on any atom is 0.265 e. The van der Waals surface area contributed by atoms with Crippen molar-refractivity contribution in [3.05, 3.63) is 53.6 Å². The van der Waals surface area contributed by atoms with E-state index in [9.17, 15) is 4.79 Å². The van der Waals surface area contributed by atoms with E-state index in [1.807, 2.05) is 31.2 Å². The number of nitrogens with two attached hydrogens (primary N) is 1. The van der Waals surface area contributed by atoms with Crippen molar-refractivity contribution in [1.82, 2.24) is 15.4 Å². The summed E-state index contributed by atoms with van der Waals surface area (Å²) >= 11 is 0. The average molecular weight is 266 g/mol. The Labute approximate surface area is 115 Å². The SMILES string of the molecule is Cc1ccc(-c2nc3ccc(C(=O)NN)cc3[nH]2)cc1. The number of imidazole rings is 1. The van der Waals surface area contributed by atoms with Crippen molar-refractivity contribution < 1.29 is 4.79 Å². The fourth-order valence-electron chi connectivity index (χ4n) is 2.08. The highest BCUT2D eigenvalue weighted by Gasteiger charge is 2.08. The molecule has 0 unspecified atom stereocenters. The number of H-pyrrole nitrogens is 1. The number of hydrazine groups is 1. The molecule has 5 nitrogen and oxygen atoms in total. The Morgan fingerprint density at radius 3 is 2.65 bits per heavy atom. The van der Waals surface area contributed by atoms with E-state index in [4.69, 9.17) is 5.84 Å². The van der Waals surface area contributed by atoms with E-state index >= 15 is 0 Å². The van der Waals surface area contributed by atoms with Gasteiger partial charge in [-0.05, 0) is 25.1 Å². The lowest BCUT2D eigenvalue weighted by molar-refractivity contribution is 0.0954. The fraction of sp³-hybridized carbons (Fsp3) is 0.0667. The number of hydrogen-bond donors (Lipinski definition) is 3. The van der Waals surface area contributed by atoms with Gasteiger partial charge in [0.05, 0.1) is 11.0 Å². The first-order chi connectivity index (χ1) is 9.67. The van der Waals surface area contributed by atoms with Crippen molar-refractivity contribution in [2.24, 2.45) is 5.84 Å². The van der Waals surface area contributed by atoms with Crippen LogP contribution < -0.4 is 11.3 Å². The molecule has 3 aromatic rings. The normalized spacial score (nSPS) is 10.7. The predicted molar refractivity (Wildman–Crippen MR) is 77.9 cm³/mol. The van der Waals surface area contributed by atoms with Gasteiger partial charge in [0.2, 0.25) is 0 Å². The highest BCUT2D eigenvalue weighted by molar-refractivity contribution is 5.97. The maximum absolute atomic E-state index is 11.5. The minimum absolute atomic E-state index is 0.321. The third-order valence-corrected chi connectivity index (χ3v) is 3.20.